The molecule has 0 radical (unpaired) electrons. The number of aliphatic hydroxyl groups excluding tert-OH is 2. The van der Waals surface area contributed by atoms with Gasteiger partial charge in [-0.3, -0.25) is 0 Å². The average molecular weight is 456 g/mol. The molecule has 2 aromatic rings. The lowest BCUT2D eigenvalue weighted by molar-refractivity contribution is 0.0991. The van der Waals surface area contributed by atoms with Crippen molar-refractivity contribution in [1.29, 1.82) is 5.26 Å². The number of rotatable bonds is 10. The van der Waals surface area contributed by atoms with E-state index in [9.17, 15) is 10.4 Å². The predicted octanol–water partition coefficient (Wildman–Crippen LogP) is 2.38. The highest BCUT2D eigenvalue weighted by Gasteiger charge is 2.13. The van der Waals surface area contributed by atoms with E-state index >= 15 is 0 Å². The molecule has 0 aliphatic rings. The normalized spacial score (nSPS) is 14.0. The molecule has 0 saturated carbocycles. The first kappa shape index (κ1) is 25.3. The van der Waals surface area contributed by atoms with Crippen LogP contribution in [0.5, 0.6) is 0 Å². The summed E-state index contributed by atoms with van der Waals surface area (Å²) < 4.78 is 14.1. The molecule has 1 atom stereocenters. The molecule has 1 aromatic carbocycles. The molecule has 1 unspecified atom stereocenters. The Morgan fingerprint density at radius 3 is 2.72 bits per heavy atom. The Bertz CT molecular complexity index is 1130. The molecular weight excluding hydrogens is 426 g/mol. The van der Waals surface area contributed by atoms with E-state index in [0.717, 1.165) is 33.9 Å². The highest BCUT2D eigenvalue weighted by molar-refractivity contribution is 7.92. The Balaban J connectivity index is 2.21. The van der Waals surface area contributed by atoms with Gasteiger partial charge in [0.15, 0.2) is 0 Å². The Labute approximate surface area is 193 Å². The number of nitrogens with zero attached hydrogens (tertiary/aromatic N) is 2. The third kappa shape index (κ3) is 6.77. The third-order valence-electron chi connectivity index (χ3n) is 4.67. The molecule has 8 heteroatoms. The van der Waals surface area contributed by atoms with Gasteiger partial charge >= 0.3 is 0 Å². The van der Waals surface area contributed by atoms with E-state index in [0.29, 0.717) is 17.1 Å². The van der Waals surface area contributed by atoms with Gasteiger partial charge in [0.2, 0.25) is 5.76 Å². The van der Waals surface area contributed by atoms with E-state index < -0.39 is 6.10 Å². The van der Waals surface area contributed by atoms with Crippen molar-refractivity contribution < 1.29 is 18.8 Å². The van der Waals surface area contributed by atoms with Crippen LogP contribution in [-0.4, -0.2) is 48.5 Å². The zero-order chi connectivity index (χ0) is 23.7. The second-order valence-electron chi connectivity index (χ2n) is 7.25. The molecule has 0 saturated heterocycles. The molecule has 7 nitrogen and oxygen atoms in total. The number of allylic oxidation sites excluding steroid dienone is 4. The Hall–Kier alpha value is -2.96. The summed E-state index contributed by atoms with van der Waals surface area (Å²) >= 11 is 0.805. The van der Waals surface area contributed by atoms with Gasteiger partial charge in [-0.1, -0.05) is 24.8 Å². The smallest absolute Gasteiger partial charge is 0.222 e. The van der Waals surface area contributed by atoms with Crippen LogP contribution >= 0.6 is 12.2 Å². The van der Waals surface area contributed by atoms with Crippen LogP contribution in [0.4, 0.5) is 0 Å². The van der Waals surface area contributed by atoms with Crippen molar-refractivity contribution in [3.8, 4) is 17.4 Å². The van der Waals surface area contributed by atoms with Gasteiger partial charge in [0.05, 0.1) is 12.7 Å². The van der Waals surface area contributed by atoms with E-state index in [1.54, 1.807) is 13.0 Å². The number of furan rings is 1. The molecule has 3 N–H and O–H groups in total. The lowest BCUT2D eigenvalue weighted by Crippen LogP contribution is -2.25. The average Bonchev–Trinajstić information content (AvgIpc) is 3.27. The molecular formula is C24H29N3O4S. The molecule has 2 rings (SSSR count). The summed E-state index contributed by atoms with van der Waals surface area (Å²) in [4.78, 5) is 2.04. The molecule has 0 aliphatic heterocycles. The molecule has 170 valence electrons. The number of aliphatic hydroxyl groups is 2. The molecule has 1 heterocycles. The SMILES string of the molecule is C=c1cc(-c2ccc(/C(C)=C(\C#N)OSNCC(O)CO)o2)cc/c1=C/C(=C\C)N(C)C. The summed E-state index contributed by atoms with van der Waals surface area (Å²) in [5.41, 5.74) is 2.51. The molecule has 32 heavy (non-hydrogen) atoms. The lowest BCUT2D eigenvalue weighted by atomic mass is 10.1. The first-order valence-corrected chi connectivity index (χ1v) is 10.8. The molecule has 1 aromatic heterocycles. The fourth-order valence-electron chi connectivity index (χ4n) is 2.77. The first-order valence-electron chi connectivity index (χ1n) is 10.0. The monoisotopic (exact) mass is 455 g/mol. The predicted molar refractivity (Wildman–Crippen MR) is 129 cm³/mol. The number of nitrogens with one attached hydrogen (secondary N) is 1. The molecule has 0 spiro atoms. The van der Waals surface area contributed by atoms with Crippen LogP contribution in [0.2, 0.25) is 0 Å². The van der Waals surface area contributed by atoms with Crippen LogP contribution in [0.1, 0.15) is 19.6 Å². The van der Waals surface area contributed by atoms with Crippen molar-refractivity contribution in [2.75, 3.05) is 27.2 Å². The summed E-state index contributed by atoms with van der Waals surface area (Å²) in [6, 6.07) is 11.6. The van der Waals surface area contributed by atoms with Crippen molar-refractivity contribution in [3.63, 3.8) is 0 Å². The second kappa shape index (κ2) is 12.2. The van der Waals surface area contributed by atoms with Gasteiger partial charge in [0.25, 0.3) is 0 Å². The topological polar surface area (TPSA) is 102 Å². The van der Waals surface area contributed by atoms with Gasteiger partial charge in [0, 0.05) is 37.5 Å². The summed E-state index contributed by atoms with van der Waals surface area (Å²) in [6.07, 6.45) is 3.22. The van der Waals surface area contributed by atoms with Gasteiger partial charge < -0.3 is 23.7 Å². The number of nitriles is 1. The highest BCUT2D eigenvalue weighted by atomic mass is 32.2. The summed E-state index contributed by atoms with van der Waals surface area (Å²) in [6.45, 7) is 7.65. The highest BCUT2D eigenvalue weighted by Crippen LogP contribution is 2.27. The minimum absolute atomic E-state index is 0.0762. The van der Waals surface area contributed by atoms with Crippen LogP contribution in [0.3, 0.4) is 0 Å². The fraction of sp³-hybridized carbons (Fsp3) is 0.292. The van der Waals surface area contributed by atoms with Crippen LogP contribution in [0, 0.1) is 11.3 Å². The minimum Gasteiger partial charge on any atom is -0.456 e. The van der Waals surface area contributed by atoms with Crippen molar-refractivity contribution in [2.45, 2.75) is 20.0 Å². The van der Waals surface area contributed by atoms with Gasteiger partial charge in [-0.2, -0.15) is 5.26 Å². The maximum Gasteiger partial charge on any atom is 0.222 e. The lowest BCUT2D eigenvalue weighted by Gasteiger charge is -2.12. The first-order chi connectivity index (χ1) is 15.3. The van der Waals surface area contributed by atoms with Gasteiger partial charge in [-0.15, -0.1) is 0 Å². The zero-order valence-corrected chi connectivity index (χ0v) is 19.6. The van der Waals surface area contributed by atoms with Gasteiger partial charge in [-0.05, 0) is 48.6 Å². The van der Waals surface area contributed by atoms with Crippen molar-refractivity contribution >= 4 is 30.5 Å². The summed E-state index contributed by atoms with van der Waals surface area (Å²) in [5.74, 6) is 1.24. The van der Waals surface area contributed by atoms with E-state index in [1.165, 1.54) is 0 Å². The summed E-state index contributed by atoms with van der Waals surface area (Å²) in [7, 11) is 3.99. The van der Waals surface area contributed by atoms with E-state index in [1.807, 2.05) is 62.3 Å². The fourth-order valence-corrected chi connectivity index (χ4v) is 3.33. The van der Waals surface area contributed by atoms with E-state index in [2.05, 4.69) is 17.4 Å². The van der Waals surface area contributed by atoms with Crippen molar-refractivity contribution in [2.24, 2.45) is 0 Å². The van der Waals surface area contributed by atoms with Crippen LogP contribution in [-0.2, 0) is 4.18 Å². The number of benzene rings is 1. The third-order valence-corrected chi connectivity index (χ3v) is 5.21. The molecule has 0 fully saturated rings. The molecule has 0 amide bonds. The Kier molecular flexibility index (Phi) is 9.62. The van der Waals surface area contributed by atoms with E-state index in [4.69, 9.17) is 13.7 Å². The Morgan fingerprint density at radius 2 is 2.12 bits per heavy atom. The van der Waals surface area contributed by atoms with Crippen LogP contribution in [0.15, 0.2) is 52.3 Å². The number of hydrogen-bond donors (Lipinski definition) is 3. The van der Waals surface area contributed by atoms with Crippen molar-refractivity contribution in [1.82, 2.24) is 9.62 Å². The second-order valence-corrected chi connectivity index (χ2v) is 7.87. The maximum absolute atomic E-state index is 9.41. The van der Waals surface area contributed by atoms with E-state index in [-0.39, 0.29) is 18.9 Å². The largest absolute Gasteiger partial charge is 0.456 e. The van der Waals surface area contributed by atoms with Gasteiger partial charge in [0.1, 0.15) is 29.8 Å². The van der Waals surface area contributed by atoms with Gasteiger partial charge in [-0.25, -0.2) is 4.72 Å². The summed E-state index contributed by atoms with van der Waals surface area (Å²) in [5, 5.41) is 29.4. The number of hydrogen-bond acceptors (Lipinski definition) is 8. The molecule has 0 bridgehead atoms. The minimum atomic E-state index is -0.899. The maximum atomic E-state index is 9.41. The van der Waals surface area contributed by atoms with Crippen LogP contribution in [0.25, 0.3) is 29.6 Å². The Morgan fingerprint density at radius 1 is 1.38 bits per heavy atom. The zero-order valence-electron chi connectivity index (χ0n) is 18.8. The standard InChI is InChI=1S/C24H29N3O4S/c1-6-20(27(4)5)12-18-7-8-19(11-16(18)2)23-10-9-22(30-23)17(3)24(13-25)31-32-26-14-21(29)15-28/h6-12,21,26,28-29H,2,14-15H2,1,3-5H3/b18-12-,20-6+,24-17+. The molecule has 0 aliphatic carbocycles. The van der Waals surface area contributed by atoms with Crippen LogP contribution < -0.4 is 15.2 Å². The quantitative estimate of drug-likeness (QED) is 0.165. The van der Waals surface area contributed by atoms with Crippen molar-refractivity contribution in [3.05, 3.63) is 64.1 Å².